The highest BCUT2D eigenvalue weighted by Gasteiger charge is 2.43. The molecule has 3 aliphatic rings. The van der Waals surface area contributed by atoms with Crippen molar-refractivity contribution in [3.63, 3.8) is 0 Å². The first kappa shape index (κ1) is 16.6. The summed E-state index contributed by atoms with van der Waals surface area (Å²) in [7, 11) is 1.53. The summed E-state index contributed by atoms with van der Waals surface area (Å²) in [5.41, 5.74) is 2.22. The average molecular weight is 370 g/mol. The van der Waals surface area contributed by atoms with E-state index in [1.807, 2.05) is 32.0 Å². The van der Waals surface area contributed by atoms with Crippen molar-refractivity contribution < 1.29 is 29.2 Å². The average Bonchev–Trinajstić information content (AvgIpc) is 2.98. The van der Waals surface area contributed by atoms with E-state index in [-0.39, 0.29) is 17.8 Å². The molecule has 142 valence electrons. The predicted molar refractivity (Wildman–Crippen MR) is 97.1 cm³/mol. The molecular formula is C21H22O6. The van der Waals surface area contributed by atoms with Crippen molar-refractivity contribution in [2.75, 3.05) is 13.7 Å². The highest BCUT2D eigenvalue weighted by molar-refractivity contribution is 5.58. The third kappa shape index (κ3) is 2.36. The Labute approximate surface area is 157 Å². The minimum atomic E-state index is -0.632. The zero-order valence-electron chi connectivity index (χ0n) is 15.5. The van der Waals surface area contributed by atoms with Crippen molar-refractivity contribution >= 4 is 0 Å². The number of rotatable bonds is 1. The fraction of sp³-hybridized carbons (Fsp3) is 0.429. The minimum absolute atomic E-state index is 0.0194. The summed E-state index contributed by atoms with van der Waals surface area (Å²) in [5, 5.41) is 20.4. The van der Waals surface area contributed by atoms with Gasteiger partial charge in [-0.3, -0.25) is 0 Å². The van der Waals surface area contributed by atoms with Gasteiger partial charge in [-0.25, -0.2) is 0 Å². The summed E-state index contributed by atoms with van der Waals surface area (Å²) >= 11 is 0. The molecule has 0 radical (unpaired) electrons. The molecule has 0 spiro atoms. The predicted octanol–water partition coefficient (Wildman–Crippen LogP) is 3.08. The van der Waals surface area contributed by atoms with E-state index in [2.05, 4.69) is 0 Å². The van der Waals surface area contributed by atoms with Gasteiger partial charge in [0.15, 0.2) is 11.5 Å². The number of phenolic OH excluding ortho intramolecular Hbond substituents is 1. The van der Waals surface area contributed by atoms with Crippen LogP contribution in [-0.2, 0) is 6.42 Å². The highest BCUT2D eigenvalue weighted by atomic mass is 16.5. The number of phenols is 1. The van der Waals surface area contributed by atoms with E-state index in [0.717, 1.165) is 28.2 Å². The molecule has 3 unspecified atom stereocenters. The van der Waals surface area contributed by atoms with Crippen LogP contribution >= 0.6 is 0 Å². The molecule has 0 saturated carbocycles. The van der Waals surface area contributed by atoms with E-state index in [9.17, 15) is 10.2 Å². The first-order valence-electron chi connectivity index (χ1n) is 9.11. The molecule has 0 fully saturated rings. The number of aromatic hydroxyl groups is 1. The molecule has 3 aliphatic heterocycles. The monoisotopic (exact) mass is 370 g/mol. The van der Waals surface area contributed by atoms with Gasteiger partial charge >= 0.3 is 0 Å². The Balaban J connectivity index is 1.56. The summed E-state index contributed by atoms with van der Waals surface area (Å²) in [6.07, 6.45) is -0.256. The van der Waals surface area contributed by atoms with Gasteiger partial charge in [-0.2, -0.15) is 0 Å². The van der Waals surface area contributed by atoms with Gasteiger partial charge in [0.1, 0.15) is 29.0 Å². The van der Waals surface area contributed by atoms with E-state index in [1.165, 1.54) is 7.11 Å². The first-order chi connectivity index (χ1) is 12.9. The third-order valence-electron chi connectivity index (χ3n) is 5.84. The number of hydrogen-bond donors (Lipinski definition) is 2. The lowest BCUT2D eigenvalue weighted by molar-refractivity contribution is -0.0415. The summed E-state index contributed by atoms with van der Waals surface area (Å²) in [6, 6.07) is 7.33. The summed E-state index contributed by atoms with van der Waals surface area (Å²) in [4.78, 5) is 0. The molecule has 6 nitrogen and oxygen atoms in total. The zero-order chi connectivity index (χ0) is 18.9. The first-order valence-corrected chi connectivity index (χ1v) is 9.11. The van der Waals surface area contributed by atoms with Crippen molar-refractivity contribution in [2.24, 2.45) is 0 Å². The van der Waals surface area contributed by atoms with Gasteiger partial charge in [0, 0.05) is 29.7 Å². The van der Waals surface area contributed by atoms with Crippen molar-refractivity contribution in [1.29, 1.82) is 0 Å². The number of aliphatic hydroxyl groups excluding tert-OH is 1. The van der Waals surface area contributed by atoms with E-state index < -0.39 is 11.7 Å². The van der Waals surface area contributed by atoms with Crippen LogP contribution in [0.2, 0.25) is 0 Å². The van der Waals surface area contributed by atoms with Crippen molar-refractivity contribution in [1.82, 2.24) is 0 Å². The van der Waals surface area contributed by atoms with Crippen molar-refractivity contribution in [3.05, 3.63) is 41.0 Å². The van der Waals surface area contributed by atoms with Gasteiger partial charge in [-0.1, -0.05) is 0 Å². The van der Waals surface area contributed by atoms with Crippen LogP contribution in [0.3, 0.4) is 0 Å². The second-order valence-corrected chi connectivity index (χ2v) is 7.94. The molecule has 3 heterocycles. The largest absolute Gasteiger partial charge is 0.504 e. The highest BCUT2D eigenvalue weighted by Crippen LogP contribution is 2.54. The van der Waals surface area contributed by atoms with Crippen LogP contribution in [0.4, 0.5) is 0 Å². The van der Waals surface area contributed by atoms with E-state index in [0.29, 0.717) is 24.5 Å². The molecule has 2 aromatic rings. The Morgan fingerprint density at radius 1 is 1.07 bits per heavy atom. The Bertz CT molecular complexity index is 935. The fourth-order valence-electron chi connectivity index (χ4n) is 4.17. The van der Waals surface area contributed by atoms with Crippen LogP contribution < -0.4 is 18.9 Å². The summed E-state index contributed by atoms with van der Waals surface area (Å²) in [6.45, 7) is 4.24. The molecule has 3 atom stereocenters. The molecule has 0 aromatic heterocycles. The van der Waals surface area contributed by atoms with Gasteiger partial charge < -0.3 is 29.2 Å². The van der Waals surface area contributed by atoms with E-state index in [1.54, 1.807) is 6.07 Å². The maximum atomic E-state index is 10.4. The normalized spacial score (nSPS) is 26.4. The molecule has 2 aromatic carbocycles. The topological polar surface area (TPSA) is 77.4 Å². The van der Waals surface area contributed by atoms with Crippen LogP contribution in [0, 0.1) is 0 Å². The van der Waals surface area contributed by atoms with Crippen LogP contribution in [0.5, 0.6) is 28.7 Å². The second kappa shape index (κ2) is 5.45. The Morgan fingerprint density at radius 3 is 2.67 bits per heavy atom. The Kier molecular flexibility index (Phi) is 3.35. The number of ether oxygens (including phenoxy) is 4. The lowest BCUT2D eigenvalue weighted by Crippen LogP contribution is -2.46. The van der Waals surface area contributed by atoms with Gasteiger partial charge in [0.25, 0.3) is 0 Å². The number of hydrogen-bond acceptors (Lipinski definition) is 6. The lowest BCUT2D eigenvalue weighted by Gasteiger charge is -2.38. The maximum Gasteiger partial charge on any atom is 0.161 e. The van der Waals surface area contributed by atoms with E-state index in [4.69, 9.17) is 18.9 Å². The number of aliphatic hydroxyl groups is 1. The van der Waals surface area contributed by atoms with Gasteiger partial charge in [-0.15, -0.1) is 0 Å². The molecule has 0 bridgehead atoms. The summed E-state index contributed by atoms with van der Waals surface area (Å²) in [5.74, 6) is 2.64. The van der Waals surface area contributed by atoms with Crippen molar-refractivity contribution in [3.8, 4) is 28.7 Å². The fourth-order valence-corrected chi connectivity index (χ4v) is 4.17. The van der Waals surface area contributed by atoms with Crippen molar-refractivity contribution in [2.45, 2.75) is 44.0 Å². The molecule has 2 N–H and O–H groups in total. The quantitative estimate of drug-likeness (QED) is 0.803. The summed E-state index contributed by atoms with van der Waals surface area (Å²) < 4.78 is 23.4. The molecule has 27 heavy (non-hydrogen) atoms. The standard InChI is InChI=1S/C21H22O6/c1-21(2)19(23)5-10-4-12-16(8-15(10)27-21)25-9-13-11-6-18(24-3)14(22)7-17(11)26-20(12)13/h4,6-8,13,19-20,22-23H,5,9H2,1-3H3. The smallest absolute Gasteiger partial charge is 0.161 e. The van der Waals surface area contributed by atoms with Crippen LogP contribution in [0.15, 0.2) is 24.3 Å². The number of fused-ring (bicyclic) bond motifs is 6. The maximum absolute atomic E-state index is 10.4. The van der Waals surface area contributed by atoms with Gasteiger partial charge in [0.05, 0.1) is 25.7 Å². The van der Waals surface area contributed by atoms with Crippen LogP contribution in [0.1, 0.15) is 42.6 Å². The van der Waals surface area contributed by atoms with E-state index >= 15 is 0 Å². The van der Waals surface area contributed by atoms with Crippen LogP contribution in [0.25, 0.3) is 0 Å². The zero-order valence-corrected chi connectivity index (χ0v) is 15.5. The SMILES string of the molecule is COc1cc2c(cc1O)OC1c3cc4c(cc3OCC21)OC(C)(C)C(O)C4. The molecular weight excluding hydrogens is 348 g/mol. The molecule has 0 aliphatic carbocycles. The second-order valence-electron chi connectivity index (χ2n) is 7.94. The molecule has 0 amide bonds. The Hall–Kier alpha value is -2.60. The Morgan fingerprint density at radius 2 is 1.89 bits per heavy atom. The molecule has 6 heteroatoms. The van der Waals surface area contributed by atoms with Crippen LogP contribution in [-0.4, -0.2) is 35.6 Å². The number of methoxy groups -OCH3 is 1. The van der Waals surface area contributed by atoms with Gasteiger partial charge in [-0.05, 0) is 31.5 Å². The molecule has 0 saturated heterocycles. The number of benzene rings is 2. The third-order valence-corrected chi connectivity index (χ3v) is 5.84. The minimum Gasteiger partial charge on any atom is -0.504 e. The van der Waals surface area contributed by atoms with Gasteiger partial charge in [0.2, 0.25) is 0 Å². The molecule has 5 rings (SSSR count). The lowest BCUT2D eigenvalue weighted by atomic mass is 9.85.